The zero-order valence-electron chi connectivity index (χ0n) is 15.0. The first-order chi connectivity index (χ1) is 13.4. The molecule has 3 amide bonds. The van der Waals surface area contributed by atoms with Gasteiger partial charge >= 0.3 is 5.97 Å². The van der Waals surface area contributed by atoms with Gasteiger partial charge in [0.2, 0.25) is 5.91 Å². The van der Waals surface area contributed by atoms with Crippen LogP contribution in [0.1, 0.15) is 37.5 Å². The lowest BCUT2D eigenvalue weighted by Crippen LogP contribution is -2.47. The first-order valence-electron chi connectivity index (χ1n) is 8.54. The molecule has 1 aliphatic heterocycles. The summed E-state index contributed by atoms with van der Waals surface area (Å²) in [6, 6.07) is 11.3. The summed E-state index contributed by atoms with van der Waals surface area (Å²) in [6.07, 6.45) is 2.16. The van der Waals surface area contributed by atoms with Crippen LogP contribution in [0.15, 0.2) is 48.5 Å². The third-order valence-corrected chi connectivity index (χ3v) is 5.06. The van der Waals surface area contributed by atoms with E-state index in [1.165, 1.54) is 30.0 Å². The van der Waals surface area contributed by atoms with Crippen LogP contribution in [0.3, 0.4) is 0 Å². The number of imide groups is 1. The summed E-state index contributed by atoms with van der Waals surface area (Å²) in [4.78, 5) is 50.5. The number of carbonyl (C=O) groups excluding carboxylic acids is 3. The summed E-state index contributed by atoms with van der Waals surface area (Å²) < 4.78 is 0. The number of benzene rings is 2. The minimum Gasteiger partial charge on any atom is -0.478 e. The van der Waals surface area contributed by atoms with Crippen LogP contribution in [0, 0.1) is 0 Å². The number of fused-ring (bicyclic) bond motifs is 1. The number of nitrogens with zero attached hydrogens (tertiary/aromatic N) is 1. The Balaban J connectivity index is 1.87. The maximum atomic E-state index is 12.9. The maximum Gasteiger partial charge on any atom is 0.335 e. The van der Waals surface area contributed by atoms with Gasteiger partial charge in [-0.3, -0.25) is 19.3 Å². The fourth-order valence-corrected chi connectivity index (χ4v) is 3.51. The third-order valence-electron chi connectivity index (χ3n) is 4.41. The molecule has 8 heteroatoms. The lowest BCUT2D eigenvalue weighted by molar-refractivity contribution is -0.120. The molecular weight excluding hydrogens is 380 g/mol. The second kappa shape index (κ2) is 8.26. The molecule has 7 nitrogen and oxygen atoms in total. The van der Waals surface area contributed by atoms with Crippen molar-refractivity contribution in [3.05, 3.63) is 65.2 Å². The van der Waals surface area contributed by atoms with Crippen molar-refractivity contribution in [2.75, 3.05) is 17.3 Å². The van der Waals surface area contributed by atoms with Gasteiger partial charge < -0.3 is 10.4 Å². The summed E-state index contributed by atoms with van der Waals surface area (Å²) in [5, 5.41) is 11.7. The molecule has 0 bridgehead atoms. The molecular formula is C20H18N2O5S. The van der Waals surface area contributed by atoms with E-state index in [4.69, 9.17) is 5.11 Å². The summed E-state index contributed by atoms with van der Waals surface area (Å²) in [7, 11) is 0. The van der Waals surface area contributed by atoms with E-state index >= 15 is 0 Å². The molecule has 2 aromatic rings. The van der Waals surface area contributed by atoms with Crippen molar-refractivity contribution in [2.45, 2.75) is 12.5 Å². The van der Waals surface area contributed by atoms with Crippen LogP contribution in [0.4, 0.5) is 5.69 Å². The predicted molar refractivity (Wildman–Crippen MR) is 106 cm³/mol. The second-order valence-corrected chi connectivity index (χ2v) is 7.18. The van der Waals surface area contributed by atoms with Crippen LogP contribution in [0.5, 0.6) is 0 Å². The Labute approximate surface area is 165 Å². The number of carboxylic acid groups (broad SMARTS) is 1. The average molecular weight is 398 g/mol. The van der Waals surface area contributed by atoms with Gasteiger partial charge in [-0.2, -0.15) is 11.8 Å². The highest BCUT2D eigenvalue weighted by molar-refractivity contribution is 7.98. The Hall–Kier alpha value is -3.13. The van der Waals surface area contributed by atoms with Crippen LogP contribution in [0.25, 0.3) is 0 Å². The van der Waals surface area contributed by atoms with Crippen molar-refractivity contribution in [1.29, 1.82) is 0 Å². The molecule has 1 aliphatic rings. The Morgan fingerprint density at radius 2 is 1.71 bits per heavy atom. The molecule has 0 fully saturated rings. The van der Waals surface area contributed by atoms with Crippen molar-refractivity contribution in [3.63, 3.8) is 0 Å². The van der Waals surface area contributed by atoms with E-state index in [2.05, 4.69) is 5.32 Å². The molecule has 0 saturated carbocycles. The second-order valence-electron chi connectivity index (χ2n) is 6.20. The number of rotatable bonds is 7. The van der Waals surface area contributed by atoms with Gasteiger partial charge in [-0.1, -0.05) is 18.2 Å². The van der Waals surface area contributed by atoms with E-state index in [-0.39, 0.29) is 28.8 Å². The lowest BCUT2D eigenvalue weighted by atomic mass is 10.1. The third kappa shape index (κ3) is 3.77. The zero-order chi connectivity index (χ0) is 20.3. The molecule has 0 radical (unpaired) electrons. The van der Waals surface area contributed by atoms with Gasteiger partial charge in [-0.05, 0) is 48.8 Å². The number of amides is 3. The quantitative estimate of drug-likeness (QED) is 0.695. The molecule has 0 unspecified atom stereocenters. The van der Waals surface area contributed by atoms with Gasteiger partial charge in [-0.25, -0.2) is 4.79 Å². The van der Waals surface area contributed by atoms with E-state index in [9.17, 15) is 19.2 Å². The Bertz CT molecular complexity index is 924. The summed E-state index contributed by atoms with van der Waals surface area (Å²) in [5.74, 6) is -2.08. The molecule has 1 heterocycles. The number of nitrogens with one attached hydrogen (secondary N) is 1. The predicted octanol–water partition coefficient (Wildman–Crippen LogP) is 2.74. The molecule has 0 aromatic heterocycles. The van der Waals surface area contributed by atoms with Crippen molar-refractivity contribution >= 4 is 41.1 Å². The summed E-state index contributed by atoms with van der Waals surface area (Å²) in [5.41, 5.74) is 0.875. The molecule has 0 spiro atoms. The van der Waals surface area contributed by atoms with E-state index in [1.54, 1.807) is 30.3 Å². The first kappa shape index (κ1) is 19.6. The maximum absolute atomic E-state index is 12.9. The fourth-order valence-electron chi connectivity index (χ4n) is 3.05. The van der Waals surface area contributed by atoms with Gasteiger partial charge in [0.15, 0.2) is 0 Å². The van der Waals surface area contributed by atoms with Gasteiger partial charge in [0.1, 0.15) is 6.04 Å². The van der Waals surface area contributed by atoms with Crippen molar-refractivity contribution < 1.29 is 24.3 Å². The normalized spacial score (nSPS) is 14.0. The zero-order valence-corrected chi connectivity index (χ0v) is 15.9. The number of hydrogen-bond donors (Lipinski definition) is 2. The SMILES string of the molecule is CSCC[C@@H](C(=O)Nc1cccc(C(=O)O)c1)N1C(=O)c2ccccc2C1=O. The molecule has 0 aliphatic carbocycles. The molecule has 1 atom stereocenters. The van der Waals surface area contributed by atoms with E-state index < -0.39 is 29.7 Å². The molecule has 2 N–H and O–H groups in total. The van der Waals surface area contributed by atoms with Gasteiger partial charge in [-0.15, -0.1) is 0 Å². The topological polar surface area (TPSA) is 104 Å². The Morgan fingerprint density at radius 1 is 1.07 bits per heavy atom. The van der Waals surface area contributed by atoms with Gasteiger partial charge in [0, 0.05) is 5.69 Å². The summed E-state index contributed by atoms with van der Waals surface area (Å²) >= 11 is 1.50. The molecule has 0 saturated heterocycles. The lowest BCUT2D eigenvalue weighted by Gasteiger charge is -2.25. The van der Waals surface area contributed by atoms with Gasteiger partial charge in [0.05, 0.1) is 16.7 Å². The first-order valence-corrected chi connectivity index (χ1v) is 9.93. The summed E-state index contributed by atoms with van der Waals surface area (Å²) in [6.45, 7) is 0. The molecule has 3 rings (SSSR count). The molecule has 28 heavy (non-hydrogen) atoms. The van der Waals surface area contributed by atoms with Crippen LogP contribution >= 0.6 is 11.8 Å². The van der Waals surface area contributed by atoms with Crippen LogP contribution in [-0.2, 0) is 4.79 Å². The minimum absolute atomic E-state index is 0.0270. The van der Waals surface area contributed by atoms with E-state index in [1.807, 2.05) is 6.26 Å². The smallest absolute Gasteiger partial charge is 0.335 e. The molecule has 2 aromatic carbocycles. The van der Waals surface area contributed by atoms with E-state index in [0.717, 1.165) is 4.90 Å². The minimum atomic E-state index is -1.12. The highest BCUT2D eigenvalue weighted by Crippen LogP contribution is 2.27. The number of anilines is 1. The van der Waals surface area contributed by atoms with Crippen LogP contribution in [0.2, 0.25) is 0 Å². The standard InChI is InChI=1S/C20H18N2O5S/c1-28-10-9-16(17(23)21-13-6-4-5-12(11-13)20(26)27)22-18(24)14-7-2-3-8-15(14)19(22)25/h2-8,11,16H,9-10H2,1H3,(H,21,23)(H,26,27)/t16-/m0/s1. The average Bonchev–Trinajstić information content (AvgIpc) is 2.94. The number of thioether (sulfide) groups is 1. The van der Waals surface area contributed by atoms with Crippen molar-refractivity contribution in [1.82, 2.24) is 4.90 Å². The largest absolute Gasteiger partial charge is 0.478 e. The highest BCUT2D eigenvalue weighted by Gasteiger charge is 2.42. The number of aromatic carboxylic acids is 1. The Morgan fingerprint density at radius 3 is 2.29 bits per heavy atom. The van der Waals surface area contributed by atoms with Crippen molar-refractivity contribution in [2.24, 2.45) is 0 Å². The van der Waals surface area contributed by atoms with Crippen LogP contribution < -0.4 is 5.32 Å². The number of hydrogen-bond acceptors (Lipinski definition) is 5. The van der Waals surface area contributed by atoms with E-state index in [0.29, 0.717) is 5.75 Å². The fraction of sp³-hybridized carbons (Fsp3) is 0.200. The van der Waals surface area contributed by atoms with Gasteiger partial charge in [0.25, 0.3) is 11.8 Å². The highest BCUT2D eigenvalue weighted by atomic mass is 32.2. The molecule has 144 valence electrons. The monoisotopic (exact) mass is 398 g/mol. The number of carboxylic acids is 1. The van der Waals surface area contributed by atoms with Crippen molar-refractivity contribution in [3.8, 4) is 0 Å². The number of carbonyl (C=O) groups is 4. The Kier molecular flexibility index (Phi) is 5.79. The van der Waals surface area contributed by atoms with Crippen LogP contribution in [-0.4, -0.2) is 51.7 Å².